The van der Waals surface area contributed by atoms with Crippen molar-refractivity contribution in [2.45, 2.75) is 57.9 Å². The molecule has 1 fully saturated rings. The van der Waals surface area contributed by atoms with Gasteiger partial charge in [-0.15, -0.1) is 0 Å². The van der Waals surface area contributed by atoms with E-state index in [1.54, 1.807) is 7.11 Å². The molecule has 1 saturated carbocycles. The van der Waals surface area contributed by atoms with Crippen LogP contribution < -0.4 is 10.1 Å². The van der Waals surface area contributed by atoms with Crippen molar-refractivity contribution in [1.82, 2.24) is 5.32 Å². The highest BCUT2D eigenvalue weighted by Crippen LogP contribution is 2.34. The van der Waals surface area contributed by atoms with Crippen molar-refractivity contribution in [3.05, 3.63) is 28.8 Å². The molecule has 2 rings (SSSR count). The molecule has 0 saturated heterocycles. The van der Waals surface area contributed by atoms with Crippen molar-refractivity contribution < 1.29 is 9.53 Å². The molecule has 1 aromatic carbocycles. The van der Waals surface area contributed by atoms with Crippen molar-refractivity contribution in [2.75, 3.05) is 14.2 Å². The second kappa shape index (κ2) is 6.61. The fourth-order valence-corrected chi connectivity index (χ4v) is 3.59. The van der Waals surface area contributed by atoms with Gasteiger partial charge >= 0.3 is 0 Å². The first kappa shape index (κ1) is 16.0. The molecule has 3 heteroatoms. The lowest BCUT2D eigenvalue weighted by atomic mass is 9.77. The molecule has 1 N–H and O–H groups in total. The van der Waals surface area contributed by atoms with Gasteiger partial charge in [0.05, 0.1) is 12.7 Å². The molecule has 0 bridgehead atoms. The Balaban J connectivity index is 2.27. The lowest BCUT2D eigenvalue weighted by Gasteiger charge is -2.37. The van der Waals surface area contributed by atoms with Crippen LogP contribution in [0.25, 0.3) is 0 Å². The number of benzene rings is 1. The maximum absolute atomic E-state index is 12.9. The van der Waals surface area contributed by atoms with Gasteiger partial charge in [0, 0.05) is 12.0 Å². The first-order valence-electron chi connectivity index (χ1n) is 7.89. The number of rotatable bonds is 5. The second-order valence-corrected chi connectivity index (χ2v) is 6.35. The Bertz CT molecular complexity index is 516. The summed E-state index contributed by atoms with van der Waals surface area (Å²) in [7, 11) is 3.62. The molecule has 1 aliphatic carbocycles. The van der Waals surface area contributed by atoms with Gasteiger partial charge in [-0.2, -0.15) is 0 Å². The summed E-state index contributed by atoms with van der Waals surface area (Å²) in [4.78, 5) is 12.9. The van der Waals surface area contributed by atoms with Crippen molar-refractivity contribution in [2.24, 2.45) is 0 Å². The number of ketones is 1. The van der Waals surface area contributed by atoms with Crippen LogP contribution in [0.3, 0.4) is 0 Å². The van der Waals surface area contributed by atoms with E-state index in [0.29, 0.717) is 12.2 Å². The Kier molecular flexibility index (Phi) is 5.04. The third-order valence-electron chi connectivity index (χ3n) is 4.78. The van der Waals surface area contributed by atoms with E-state index in [1.807, 2.05) is 27.0 Å². The molecule has 1 aromatic rings. The zero-order valence-electron chi connectivity index (χ0n) is 13.7. The van der Waals surface area contributed by atoms with Crippen LogP contribution >= 0.6 is 0 Å². The molecule has 1 aliphatic rings. The SMILES string of the molecule is CNC1(CC(=O)c2c(C)cc(C)cc2OC)CCCCC1. The summed E-state index contributed by atoms with van der Waals surface area (Å²) in [5, 5.41) is 3.42. The fourth-order valence-electron chi connectivity index (χ4n) is 3.59. The van der Waals surface area contributed by atoms with E-state index < -0.39 is 0 Å². The molecule has 116 valence electrons. The molecule has 0 unspecified atom stereocenters. The third kappa shape index (κ3) is 3.46. The molecule has 0 aromatic heterocycles. The molecular weight excluding hydrogens is 262 g/mol. The molecule has 0 aliphatic heterocycles. The van der Waals surface area contributed by atoms with Crippen molar-refractivity contribution >= 4 is 5.78 Å². The molecular formula is C18H27NO2. The molecule has 0 heterocycles. The van der Waals surface area contributed by atoms with Crippen molar-refractivity contribution in [3.63, 3.8) is 0 Å². The van der Waals surface area contributed by atoms with Crippen LogP contribution in [0.4, 0.5) is 0 Å². The van der Waals surface area contributed by atoms with Gasteiger partial charge in [-0.3, -0.25) is 4.79 Å². The monoisotopic (exact) mass is 289 g/mol. The summed E-state index contributed by atoms with van der Waals surface area (Å²) < 4.78 is 5.44. The number of hydrogen-bond donors (Lipinski definition) is 1. The number of hydrogen-bond acceptors (Lipinski definition) is 3. The third-order valence-corrected chi connectivity index (χ3v) is 4.78. The Morgan fingerprint density at radius 3 is 2.48 bits per heavy atom. The zero-order chi connectivity index (χ0) is 15.5. The van der Waals surface area contributed by atoms with Crippen LogP contribution in [-0.2, 0) is 0 Å². The fraction of sp³-hybridized carbons (Fsp3) is 0.611. The number of Topliss-reactive ketones (excluding diaryl/α,β-unsaturated/α-hetero) is 1. The van der Waals surface area contributed by atoms with Crippen LogP contribution in [-0.4, -0.2) is 25.5 Å². The van der Waals surface area contributed by atoms with Crippen molar-refractivity contribution in [3.8, 4) is 5.75 Å². The number of nitrogens with one attached hydrogen (secondary N) is 1. The molecule has 0 radical (unpaired) electrons. The Morgan fingerprint density at radius 2 is 1.90 bits per heavy atom. The summed E-state index contributed by atoms with van der Waals surface area (Å²) in [6, 6.07) is 4.01. The van der Waals surface area contributed by atoms with E-state index in [9.17, 15) is 4.79 Å². The number of methoxy groups -OCH3 is 1. The highest BCUT2D eigenvalue weighted by Gasteiger charge is 2.33. The van der Waals surface area contributed by atoms with Crippen LogP contribution in [0.5, 0.6) is 5.75 Å². The predicted octanol–water partition coefficient (Wildman–Crippen LogP) is 3.81. The van der Waals surface area contributed by atoms with Crippen LogP contribution in [0.1, 0.15) is 60.0 Å². The van der Waals surface area contributed by atoms with E-state index in [0.717, 1.165) is 29.5 Å². The second-order valence-electron chi connectivity index (χ2n) is 6.35. The normalized spacial score (nSPS) is 17.5. The quantitative estimate of drug-likeness (QED) is 0.838. The largest absolute Gasteiger partial charge is 0.496 e. The predicted molar refractivity (Wildman–Crippen MR) is 86.3 cm³/mol. The van der Waals surface area contributed by atoms with E-state index >= 15 is 0 Å². The smallest absolute Gasteiger partial charge is 0.168 e. The number of carbonyl (C=O) groups excluding carboxylic acids is 1. The zero-order valence-corrected chi connectivity index (χ0v) is 13.7. The van der Waals surface area contributed by atoms with Gasteiger partial charge in [-0.1, -0.05) is 25.3 Å². The van der Waals surface area contributed by atoms with Crippen LogP contribution in [0.15, 0.2) is 12.1 Å². The minimum atomic E-state index is -0.0301. The maximum Gasteiger partial charge on any atom is 0.168 e. The summed E-state index contributed by atoms with van der Waals surface area (Å²) in [6.45, 7) is 4.02. The van der Waals surface area contributed by atoms with E-state index in [4.69, 9.17) is 4.74 Å². The minimum Gasteiger partial charge on any atom is -0.496 e. The van der Waals surface area contributed by atoms with E-state index in [2.05, 4.69) is 11.4 Å². The highest BCUT2D eigenvalue weighted by atomic mass is 16.5. The van der Waals surface area contributed by atoms with E-state index in [-0.39, 0.29) is 11.3 Å². The summed E-state index contributed by atoms with van der Waals surface area (Å²) in [5.41, 5.74) is 2.86. The maximum atomic E-state index is 12.9. The molecule has 21 heavy (non-hydrogen) atoms. The molecule has 0 amide bonds. The van der Waals surface area contributed by atoms with Gasteiger partial charge < -0.3 is 10.1 Å². The Labute approximate surface area is 128 Å². The number of aryl methyl sites for hydroxylation is 2. The lowest BCUT2D eigenvalue weighted by molar-refractivity contribution is 0.0911. The summed E-state index contributed by atoms with van der Waals surface area (Å²) in [6.07, 6.45) is 6.43. The summed E-state index contributed by atoms with van der Waals surface area (Å²) in [5.74, 6) is 0.903. The minimum absolute atomic E-state index is 0.0301. The number of ether oxygens (including phenoxy) is 1. The number of carbonyl (C=O) groups is 1. The molecule has 0 spiro atoms. The average Bonchev–Trinajstić information content (AvgIpc) is 2.47. The first-order valence-corrected chi connectivity index (χ1v) is 7.89. The standard InChI is InChI=1S/C18H27NO2/c1-13-10-14(2)17(16(11-13)21-4)15(20)12-18(19-3)8-6-5-7-9-18/h10-11,19H,5-9,12H2,1-4H3. The van der Waals surface area contributed by atoms with E-state index in [1.165, 1.54) is 19.3 Å². The van der Waals surface area contributed by atoms with Gasteiger partial charge in [0.15, 0.2) is 5.78 Å². The van der Waals surface area contributed by atoms with Gasteiger partial charge in [-0.25, -0.2) is 0 Å². The topological polar surface area (TPSA) is 38.3 Å². The highest BCUT2D eigenvalue weighted by molar-refractivity contribution is 6.00. The van der Waals surface area contributed by atoms with Crippen LogP contribution in [0.2, 0.25) is 0 Å². The first-order chi connectivity index (χ1) is 10.0. The Morgan fingerprint density at radius 1 is 1.24 bits per heavy atom. The average molecular weight is 289 g/mol. The van der Waals surface area contributed by atoms with Gasteiger partial charge in [-0.05, 0) is 50.9 Å². The summed E-state index contributed by atoms with van der Waals surface area (Å²) >= 11 is 0. The van der Waals surface area contributed by atoms with Crippen molar-refractivity contribution in [1.29, 1.82) is 0 Å². The lowest BCUT2D eigenvalue weighted by Crippen LogP contribution is -2.46. The van der Waals surface area contributed by atoms with Gasteiger partial charge in [0.25, 0.3) is 0 Å². The van der Waals surface area contributed by atoms with Gasteiger partial charge in [0.1, 0.15) is 5.75 Å². The molecule has 0 atom stereocenters. The Hall–Kier alpha value is -1.35. The van der Waals surface area contributed by atoms with Crippen LogP contribution in [0, 0.1) is 13.8 Å². The molecule has 3 nitrogen and oxygen atoms in total. The van der Waals surface area contributed by atoms with Gasteiger partial charge in [0.2, 0.25) is 0 Å².